The fourth-order valence-electron chi connectivity index (χ4n) is 4.35. The molecule has 1 unspecified atom stereocenters. The van der Waals surface area contributed by atoms with Gasteiger partial charge in [-0.15, -0.1) is 0 Å². The molecule has 0 radical (unpaired) electrons. The molecule has 3 aliphatic rings. The maximum absolute atomic E-state index is 15.1. The molecule has 1 aromatic rings. The summed E-state index contributed by atoms with van der Waals surface area (Å²) in [7, 11) is -0.725. The second kappa shape index (κ2) is 7.28. The lowest BCUT2D eigenvalue weighted by Gasteiger charge is -2.32. The predicted molar refractivity (Wildman–Crippen MR) is 109 cm³/mol. The van der Waals surface area contributed by atoms with Gasteiger partial charge in [-0.3, -0.25) is 9.59 Å². The normalized spacial score (nSPS) is 24.9. The Balaban J connectivity index is 1.49. The van der Waals surface area contributed by atoms with E-state index < -0.39 is 59.9 Å². The first-order valence-electron chi connectivity index (χ1n) is 10.7. The van der Waals surface area contributed by atoms with E-state index in [4.69, 9.17) is 9.31 Å². The van der Waals surface area contributed by atoms with E-state index in [-0.39, 0.29) is 12.8 Å². The lowest BCUT2D eigenvalue weighted by Crippen LogP contribution is -2.41. The molecule has 1 saturated carbocycles. The third-order valence-electron chi connectivity index (χ3n) is 7.27. The van der Waals surface area contributed by atoms with Crippen molar-refractivity contribution in [3.05, 3.63) is 29.1 Å². The van der Waals surface area contributed by atoms with Gasteiger partial charge in [0.15, 0.2) is 0 Å². The maximum Gasteiger partial charge on any atom is 0.494 e. The van der Waals surface area contributed by atoms with Crippen LogP contribution < -0.4 is 10.8 Å². The van der Waals surface area contributed by atoms with Gasteiger partial charge in [0, 0.05) is 12.0 Å². The Kier molecular flexibility index (Phi) is 5.29. The second-order valence-corrected chi connectivity index (χ2v) is 10.1. The van der Waals surface area contributed by atoms with Crippen LogP contribution in [-0.4, -0.2) is 36.2 Å². The molecule has 1 atom stereocenters. The zero-order chi connectivity index (χ0) is 23.7. The van der Waals surface area contributed by atoms with Gasteiger partial charge in [-0.05, 0) is 70.5 Å². The lowest BCUT2D eigenvalue weighted by atomic mass is 9.77. The fraction of sp³-hybridized carbons (Fsp3) is 0.636. The largest absolute Gasteiger partial charge is 0.494 e. The van der Waals surface area contributed by atoms with Crippen molar-refractivity contribution >= 4 is 24.3 Å². The summed E-state index contributed by atoms with van der Waals surface area (Å²) in [5.41, 5.74) is -0.908. The molecule has 5 nitrogen and oxygen atoms in total. The molecule has 1 amide bonds. The van der Waals surface area contributed by atoms with Gasteiger partial charge in [0.1, 0.15) is 5.82 Å². The first kappa shape index (κ1) is 23.2. The van der Waals surface area contributed by atoms with E-state index in [1.165, 1.54) is 6.07 Å². The summed E-state index contributed by atoms with van der Waals surface area (Å²) >= 11 is 0. The van der Waals surface area contributed by atoms with Crippen LogP contribution in [-0.2, 0) is 25.3 Å². The second-order valence-electron chi connectivity index (χ2n) is 10.1. The van der Waals surface area contributed by atoms with Crippen molar-refractivity contribution in [3.63, 3.8) is 0 Å². The van der Waals surface area contributed by atoms with E-state index in [2.05, 4.69) is 5.32 Å². The maximum atomic E-state index is 15.1. The van der Waals surface area contributed by atoms with Gasteiger partial charge >= 0.3 is 13.3 Å². The number of alkyl halides is 3. The highest BCUT2D eigenvalue weighted by Gasteiger charge is 2.56. The predicted octanol–water partition coefficient (Wildman–Crippen LogP) is 3.53. The van der Waals surface area contributed by atoms with Crippen LogP contribution in [0.25, 0.3) is 0 Å². The number of hydrogen-bond acceptors (Lipinski definition) is 4. The Morgan fingerprint density at radius 3 is 2.25 bits per heavy atom. The van der Waals surface area contributed by atoms with Crippen LogP contribution >= 0.6 is 0 Å². The Bertz CT molecular complexity index is 955. The van der Waals surface area contributed by atoms with Crippen molar-refractivity contribution in [1.82, 2.24) is 5.32 Å². The molecular formula is C22H26BF4NO4. The monoisotopic (exact) mass is 455 g/mol. The molecule has 1 aliphatic heterocycles. The molecule has 0 spiro atoms. The number of fused-ring (bicyclic) bond motifs is 1. The molecular weight excluding hydrogens is 429 g/mol. The minimum Gasteiger partial charge on any atom is -0.399 e. The van der Waals surface area contributed by atoms with Crippen LogP contribution in [0.15, 0.2) is 12.1 Å². The third-order valence-corrected chi connectivity index (χ3v) is 7.27. The zero-order valence-corrected chi connectivity index (χ0v) is 18.5. The number of rotatable bonds is 5. The Morgan fingerprint density at radius 1 is 1.12 bits per heavy atom. The summed E-state index contributed by atoms with van der Waals surface area (Å²) in [6.45, 7) is 7.61. The number of hydrogen-bond donors (Lipinski definition) is 1. The highest BCUT2D eigenvalue weighted by molar-refractivity contribution is 6.62. The van der Waals surface area contributed by atoms with E-state index in [9.17, 15) is 22.8 Å². The standard InChI is InChI=1S/C22H26BF4NO4/c1-19(2)20(3,4)32-23(31-19)13-9-12-5-6-15(17(12)14(24)10-13)28-18(30)21(7-8-21)11-16(29)22(25,26)27/h9-10,15H,5-8,11H2,1-4H3,(H,28,30). The van der Waals surface area contributed by atoms with Crippen molar-refractivity contribution in [2.24, 2.45) is 5.41 Å². The summed E-state index contributed by atoms with van der Waals surface area (Å²) in [4.78, 5) is 24.1. The van der Waals surface area contributed by atoms with Crippen LogP contribution in [0.2, 0.25) is 0 Å². The van der Waals surface area contributed by atoms with Gasteiger partial charge in [-0.1, -0.05) is 6.07 Å². The van der Waals surface area contributed by atoms with Crippen LogP contribution in [0, 0.1) is 11.2 Å². The van der Waals surface area contributed by atoms with Gasteiger partial charge < -0.3 is 14.6 Å². The number of carbonyl (C=O) groups excluding carboxylic acids is 2. The van der Waals surface area contributed by atoms with E-state index in [0.29, 0.717) is 29.4 Å². The SMILES string of the molecule is CC1(C)OB(c2cc(F)c3c(c2)CCC3NC(=O)C2(CC(=O)C(F)(F)F)CC2)OC1(C)C. The van der Waals surface area contributed by atoms with Crippen molar-refractivity contribution < 1.29 is 36.5 Å². The van der Waals surface area contributed by atoms with Crippen LogP contribution in [0.5, 0.6) is 0 Å². The van der Waals surface area contributed by atoms with Gasteiger partial charge in [0.2, 0.25) is 11.7 Å². The van der Waals surface area contributed by atoms with Crippen molar-refractivity contribution in [1.29, 1.82) is 0 Å². The van der Waals surface area contributed by atoms with Crippen molar-refractivity contribution in [3.8, 4) is 0 Å². The number of carbonyl (C=O) groups is 2. The van der Waals surface area contributed by atoms with Gasteiger partial charge in [-0.25, -0.2) is 4.39 Å². The molecule has 2 fully saturated rings. The molecule has 174 valence electrons. The number of halogens is 4. The van der Waals surface area contributed by atoms with E-state index in [1.807, 2.05) is 27.7 Å². The Labute approximate surface area is 184 Å². The van der Waals surface area contributed by atoms with Crippen molar-refractivity contribution in [2.45, 2.75) is 83.2 Å². The molecule has 0 bridgehead atoms. The quantitative estimate of drug-likeness (QED) is 0.545. The van der Waals surface area contributed by atoms with E-state index >= 15 is 4.39 Å². The summed E-state index contributed by atoms with van der Waals surface area (Å²) in [5.74, 6) is -3.05. The van der Waals surface area contributed by atoms with Gasteiger partial charge in [0.25, 0.3) is 0 Å². The zero-order valence-electron chi connectivity index (χ0n) is 18.5. The molecule has 4 rings (SSSR count). The molecule has 1 saturated heterocycles. The first-order chi connectivity index (χ1) is 14.7. The molecule has 32 heavy (non-hydrogen) atoms. The topological polar surface area (TPSA) is 64.6 Å². The molecule has 1 aromatic carbocycles. The average molecular weight is 455 g/mol. The fourth-order valence-corrected chi connectivity index (χ4v) is 4.35. The van der Waals surface area contributed by atoms with E-state index in [1.54, 1.807) is 6.07 Å². The first-order valence-corrected chi connectivity index (χ1v) is 10.7. The molecule has 10 heteroatoms. The molecule has 1 N–H and O–H groups in total. The highest BCUT2D eigenvalue weighted by atomic mass is 19.4. The average Bonchev–Trinajstić information content (AvgIpc) is 3.26. The van der Waals surface area contributed by atoms with Crippen molar-refractivity contribution in [2.75, 3.05) is 0 Å². The minimum absolute atomic E-state index is 0.212. The summed E-state index contributed by atoms with van der Waals surface area (Å²) in [5, 5.41) is 2.69. The highest BCUT2D eigenvalue weighted by Crippen LogP contribution is 2.51. The smallest absolute Gasteiger partial charge is 0.399 e. The number of amides is 1. The molecule has 0 aromatic heterocycles. The Morgan fingerprint density at radius 2 is 1.72 bits per heavy atom. The minimum atomic E-state index is -4.97. The molecule has 2 aliphatic carbocycles. The molecule has 1 heterocycles. The summed E-state index contributed by atoms with van der Waals surface area (Å²) < 4.78 is 65.0. The number of ketones is 1. The lowest BCUT2D eigenvalue weighted by molar-refractivity contribution is -0.173. The number of benzene rings is 1. The third kappa shape index (κ3) is 3.96. The van der Waals surface area contributed by atoms with Crippen LogP contribution in [0.3, 0.4) is 0 Å². The number of Topliss-reactive ketones (excluding diaryl/α,β-unsaturated/α-hetero) is 1. The van der Waals surface area contributed by atoms with E-state index in [0.717, 1.165) is 0 Å². The van der Waals surface area contributed by atoms with Gasteiger partial charge in [-0.2, -0.15) is 13.2 Å². The number of nitrogens with one attached hydrogen (secondary N) is 1. The summed E-state index contributed by atoms with van der Waals surface area (Å²) in [6, 6.07) is 2.47. The number of aryl methyl sites for hydroxylation is 1. The van der Waals surface area contributed by atoms with Crippen LogP contribution in [0.1, 0.15) is 70.5 Å². The van der Waals surface area contributed by atoms with Gasteiger partial charge in [0.05, 0.1) is 22.7 Å². The van der Waals surface area contributed by atoms with Crippen LogP contribution in [0.4, 0.5) is 17.6 Å². The Hall–Kier alpha value is -1.94. The summed E-state index contributed by atoms with van der Waals surface area (Å²) in [6.07, 6.45) is -4.49.